The lowest BCUT2D eigenvalue weighted by Gasteiger charge is -2.42. The first kappa shape index (κ1) is 42.6. The summed E-state index contributed by atoms with van der Waals surface area (Å²) in [6.07, 6.45) is 4.01. The predicted octanol–water partition coefficient (Wildman–Crippen LogP) is 5.23. The molecule has 2 aromatic carbocycles. The number of carbonyl (C=O) groups is 4. The number of nitrogens with one attached hydrogen (secondary N) is 2. The summed E-state index contributed by atoms with van der Waals surface area (Å²) in [6, 6.07) is 11.1. The molecule has 2 bridgehead atoms. The molecule has 62 heavy (non-hydrogen) atoms. The number of aliphatic imine (C=N–C) groups is 1. The number of aryl methyl sites for hydroxylation is 2. The highest BCUT2D eigenvalue weighted by Gasteiger charge is 2.37. The van der Waals surface area contributed by atoms with E-state index >= 15 is 8.78 Å². The van der Waals surface area contributed by atoms with Crippen molar-refractivity contribution in [2.75, 3.05) is 57.2 Å². The van der Waals surface area contributed by atoms with Gasteiger partial charge in [0.1, 0.15) is 11.6 Å². The van der Waals surface area contributed by atoms with E-state index in [0.29, 0.717) is 91.1 Å². The number of hydrogen-bond acceptors (Lipinski definition) is 11. The van der Waals surface area contributed by atoms with Crippen molar-refractivity contribution in [1.82, 2.24) is 29.9 Å². The van der Waals surface area contributed by atoms with Crippen LogP contribution in [0.3, 0.4) is 0 Å². The van der Waals surface area contributed by atoms with Gasteiger partial charge in [-0.25, -0.2) is 13.5 Å². The number of aromatic nitrogens is 3. The quantitative estimate of drug-likeness (QED) is 0.234. The van der Waals surface area contributed by atoms with Crippen LogP contribution >= 0.6 is 0 Å². The van der Waals surface area contributed by atoms with Crippen LogP contribution in [0.2, 0.25) is 0 Å². The van der Waals surface area contributed by atoms with Crippen LogP contribution in [-0.4, -0.2) is 113 Å². The molecule has 2 saturated heterocycles. The van der Waals surface area contributed by atoms with Crippen molar-refractivity contribution in [3.8, 4) is 17.1 Å². The smallest absolute Gasteiger partial charge is 0.280 e. The van der Waals surface area contributed by atoms with E-state index in [2.05, 4.69) is 37.5 Å². The number of methoxy groups -OCH3 is 1. The lowest BCUT2D eigenvalue weighted by atomic mass is 9.89. The average Bonchev–Trinajstić information content (AvgIpc) is 3.78. The predicted molar refractivity (Wildman–Crippen MR) is 227 cm³/mol. The zero-order valence-corrected chi connectivity index (χ0v) is 35.5. The molecule has 2 fully saturated rings. The van der Waals surface area contributed by atoms with E-state index in [1.54, 1.807) is 48.1 Å². The van der Waals surface area contributed by atoms with Crippen LogP contribution in [0.1, 0.15) is 82.5 Å². The van der Waals surface area contributed by atoms with Gasteiger partial charge in [0, 0.05) is 76.2 Å². The number of ether oxygens (including phenoxy) is 2. The minimum absolute atomic E-state index is 0.0250. The van der Waals surface area contributed by atoms with Gasteiger partial charge in [0.15, 0.2) is 0 Å². The number of likely N-dealkylation sites (tertiary alicyclic amines) is 1. The third kappa shape index (κ3) is 8.68. The summed E-state index contributed by atoms with van der Waals surface area (Å²) < 4.78 is 44.2. The largest absolute Gasteiger partial charge is 0.477 e. The molecule has 2 aromatic heterocycles. The van der Waals surface area contributed by atoms with Gasteiger partial charge in [-0.3, -0.25) is 29.5 Å². The van der Waals surface area contributed by atoms with E-state index in [-0.39, 0.29) is 42.4 Å². The zero-order chi connectivity index (χ0) is 43.8. The number of pyridine rings is 1. The van der Waals surface area contributed by atoms with Crippen molar-refractivity contribution < 1.29 is 37.4 Å². The van der Waals surface area contributed by atoms with Gasteiger partial charge in [-0.05, 0) is 93.0 Å². The van der Waals surface area contributed by atoms with Gasteiger partial charge >= 0.3 is 0 Å². The Balaban J connectivity index is 0.957. The number of amides is 4. The van der Waals surface area contributed by atoms with Crippen LogP contribution in [0.4, 0.5) is 20.2 Å². The van der Waals surface area contributed by atoms with Crippen molar-refractivity contribution in [2.45, 2.75) is 70.4 Å². The maximum Gasteiger partial charge on any atom is 0.280 e. The van der Waals surface area contributed by atoms with Gasteiger partial charge < -0.3 is 29.5 Å². The van der Waals surface area contributed by atoms with Crippen molar-refractivity contribution in [3.05, 3.63) is 88.2 Å². The first-order valence-corrected chi connectivity index (χ1v) is 21.1. The molecule has 0 unspecified atom stereocenters. The molecule has 0 radical (unpaired) electrons. The van der Waals surface area contributed by atoms with Gasteiger partial charge in [-0.15, -0.1) is 0 Å². The average molecular weight is 852 g/mol. The Kier molecular flexibility index (Phi) is 12.2. The number of guanidine groups is 1. The van der Waals surface area contributed by atoms with E-state index in [4.69, 9.17) is 9.47 Å². The summed E-state index contributed by atoms with van der Waals surface area (Å²) in [5, 5.41) is 9.88. The summed E-state index contributed by atoms with van der Waals surface area (Å²) in [4.78, 5) is 67.1. The topological polar surface area (TPSA) is 164 Å². The Bertz CT molecular complexity index is 2430. The normalized spacial score (nSPS) is 22.8. The van der Waals surface area contributed by atoms with Crippen LogP contribution in [0.15, 0.2) is 53.7 Å². The lowest BCUT2D eigenvalue weighted by molar-refractivity contribution is -0.134. The molecule has 0 spiro atoms. The maximum atomic E-state index is 15.2. The highest BCUT2D eigenvalue weighted by atomic mass is 19.1. The van der Waals surface area contributed by atoms with Gasteiger partial charge in [0.25, 0.3) is 11.8 Å². The van der Waals surface area contributed by atoms with Crippen LogP contribution in [0, 0.1) is 24.5 Å². The SMILES string of the molecule is CO[C@@H]1CN(CCc2cc(F)c([C@H]3CCC(=O)NC3=O)c(F)c2)CC[C@@H]1N(C)C(=O)c1ccc2c(c1)N1C[C@H](C)CCCOc3c(cnn3C)-c3cc(cc(C)n3)C(=O)/N=C/1N2. The number of carbonyl (C=O) groups excluding carboxylic acids is 4. The number of halogens is 2. The van der Waals surface area contributed by atoms with Crippen molar-refractivity contribution >= 4 is 41.0 Å². The minimum atomic E-state index is -1.05. The Labute approximate surface area is 358 Å². The number of piperidine rings is 2. The molecule has 15 nitrogen and oxygen atoms in total. The summed E-state index contributed by atoms with van der Waals surface area (Å²) in [5.41, 5.74) is 4.37. The molecule has 8 rings (SSSR count). The molecular formula is C45H51F2N9O6. The molecule has 0 aliphatic carbocycles. The number of nitrogens with zero attached hydrogens (tertiary/aromatic N) is 7. The molecule has 17 heteroatoms. The first-order valence-electron chi connectivity index (χ1n) is 21.1. The summed E-state index contributed by atoms with van der Waals surface area (Å²) in [7, 11) is 5.20. The van der Waals surface area contributed by atoms with Gasteiger partial charge in [-0.1, -0.05) is 6.92 Å². The van der Waals surface area contributed by atoms with E-state index in [1.807, 2.05) is 31.0 Å². The Morgan fingerprint density at radius 2 is 1.82 bits per heavy atom. The number of hydrogen-bond donors (Lipinski definition) is 2. The molecule has 4 aliphatic heterocycles. The number of benzene rings is 2. The molecule has 4 aliphatic rings. The molecule has 6 heterocycles. The fourth-order valence-electron chi connectivity index (χ4n) is 9.01. The van der Waals surface area contributed by atoms with E-state index < -0.39 is 35.3 Å². The van der Waals surface area contributed by atoms with Crippen LogP contribution in [-0.2, 0) is 27.8 Å². The third-order valence-electron chi connectivity index (χ3n) is 12.4. The molecule has 4 amide bonds. The highest BCUT2D eigenvalue weighted by molar-refractivity contribution is 6.19. The summed E-state index contributed by atoms with van der Waals surface area (Å²) >= 11 is 0. The molecule has 326 valence electrons. The highest BCUT2D eigenvalue weighted by Crippen LogP contribution is 2.37. The summed E-state index contributed by atoms with van der Waals surface area (Å²) in [6.45, 7) is 6.59. The fraction of sp³-hybridized carbons (Fsp3) is 0.444. The van der Waals surface area contributed by atoms with Gasteiger partial charge in [0.05, 0.1) is 53.5 Å². The van der Waals surface area contributed by atoms with Crippen molar-refractivity contribution in [1.29, 1.82) is 0 Å². The van der Waals surface area contributed by atoms with Crippen molar-refractivity contribution in [3.63, 3.8) is 0 Å². The van der Waals surface area contributed by atoms with E-state index in [0.717, 1.165) is 24.2 Å². The monoisotopic (exact) mass is 851 g/mol. The summed E-state index contributed by atoms with van der Waals surface area (Å²) in [5.74, 6) is -3.30. The second kappa shape index (κ2) is 17.7. The maximum absolute atomic E-state index is 15.2. The third-order valence-corrected chi connectivity index (χ3v) is 12.4. The number of fused-ring (bicyclic) bond motifs is 7. The molecule has 4 atom stereocenters. The number of likely N-dealkylation sites (N-methyl/N-ethyl adjacent to an activating group) is 1. The minimum Gasteiger partial charge on any atom is -0.477 e. The molecule has 0 saturated carbocycles. The number of rotatable bonds is 7. The Hall–Kier alpha value is -6.07. The van der Waals surface area contributed by atoms with E-state index in [1.165, 1.54) is 12.1 Å². The molecule has 4 aromatic rings. The number of anilines is 2. The van der Waals surface area contributed by atoms with Crippen LogP contribution < -0.4 is 20.3 Å². The van der Waals surface area contributed by atoms with Gasteiger partial charge in [-0.2, -0.15) is 10.1 Å². The second-order valence-corrected chi connectivity index (χ2v) is 16.7. The molecule has 2 N–H and O–H groups in total. The van der Waals surface area contributed by atoms with Crippen LogP contribution in [0.25, 0.3) is 11.3 Å². The standard InChI is InChI=1S/C45H51F2N9O6/c1-25-7-6-16-62-44-31(22-48-54(44)4)35-20-29(17-26(2)49-35)41(58)52-45-50-34-10-8-28(21-37(34)56(45)23-25)43(60)53(3)36-13-15-55(24-38(36)61-5)14-12-27-18-32(46)40(33(47)19-27)30-9-11-39(57)51-42(30)59/h8,10,17-22,25,30,36,38H,6-7,9,11-16,23-24H2,1-5H3,(H,50,52,58)(H,51,57,59)/t25-,30-,36+,38-/m1/s1. The zero-order valence-electron chi connectivity index (χ0n) is 35.5. The van der Waals surface area contributed by atoms with E-state index in [9.17, 15) is 19.2 Å². The molecular weight excluding hydrogens is 801 g/mol. The first-order chi connectivity index (χ1) is 29.8. The fourth-order valence-corrected chi connectivity index (χ4v) is 9.01. The van der Waals surface area contributed by atoms with Gasteiger partial charge in [0.2, 0.25) is 23.7 Å². The second-order valence-electron chi connectivity index (χ2n) is 16.7. The Morgan fingerprint density at radius 3 is 2.58 bits per heavy atom. The van der Waals surface area contributed by atoms with Crippen LogP contribution in [0.5, 0.6) is 5.88 Å². The Morgan fingerprint density at radius 1 is 1.03 bits per heavy atom. The number of imide groups is 1. The lowest BCUT2D eigenvalue weighted by Crippen LogP contribution is -2.55. The van der Waals surface area contributed by atoms with Crippen molar-refractivity contribution in [2.24, 2.45) is 18.0 Å².